The first-order chi connectivity index (χ1) is 13.5. The molecule has 0 aliphatic carbocycles. The van der Waals surface area contributed by atoms with E-state index in [9.17, 15) is 17.6 Å². The minimum absolute atomic E-state index is 0.0158. The molecule has 1 aromatic carbocycles. The molecule has 4 rings (SSSR count). The minimum atomic E-state index is -4.05. The van der Waals surface area contributed by atoms with Crippen molar-refractivity contribution in [3.05, 3.63) is 85.5 Å². The summed E-state index contributed by atoms with van der Waals surface area (Å²) in [6, 6.07) is 11.1. The number of nitrogens with zero attached hydrogens (tertiary/aromatic N) is 1. The predicted octanol–water partition coefficient (Wildman–Crippen LogP) is 4.11. The Morgan fingerprint density at radius 3 is 2.57 bits per heavy atom. The third-order valence-electron chi connectivity index (χ3n) is 4.24. The Labute approximate surface area is 169 Å². The van der Waals surface area contributed by atoms with Crippen molar-refractivity contribution in [2.45, 2.75) is 13.1 Å². The van der Waals surface area contributed by atoms with Crippen molar-refractivity contribution in [3.8, 4) is 0 Å². The van der Waals surface area contributed by atoms with E-state index in [1.54, 1.807) is 11.4 Å². The number of carbonyl (C=O) groups is 1. The summed E-state index contributed by atoms with van der Waals surface area (Å²) in [5.74, 6) is -0.908. The highest BCUT2D eigenvalue weighted by molar-refractivity contribution is 7.97. The maximum absolute atomic E-state index is 13.2. The fourth-order valence-corrected chi connectivity index (χ4v) is 6.03. The molecule has 0 bridgehead atoms. The second-order valence-electron chi connectivity index (χ2n) is 6.07. The van der Waals surface area contributed by atoms with Gasteiger partial charge in [0.25, 0.3) is 10.0 Å². The van der Waals surface area contributed by atoms with Gasteiger partial charge in [-0.05, 0) is 40.6 Å². The van der Waals surface area contributed by atoms with E-state index < -0.39 is 21.6 Å². The van der Waals surface area contributed by atoms with Crippen molar-refractivity contribution in [1.82, 2.24) is 5.32 Å². The zero-order chi connectivity index (χ0) is 19.7. The molecule has 0 atom stereocenters. The molecule has 0 radical (unpaired) electrons. The van der Waals surface area contributed by atoms with Gasteiger partial charge < -0.3 is 5.32 Å². The van der Waals surface area contributed by atoms with Crippen LogP contribution in [0.3, 0.4) is 0 Å². The molecule has 0 fully saturated rings. The van der Waals surface area contributed by atoms with Crippen LogP contribution < -0.4 is 9.62 Å². The van der Waals surface area contributed by atoms with E-state index in [0.717, 1.165) is 4.88 Å². The third kappa shape index (κ3) is 3.48. The maximum Gasteiger partial charge on any atom is 0.270 e. The van der Waals surface area contributed by atoms with Crippen LogP contribution in [0.4, 0.5) is 10.1 Å². The van der Waals surface area contributed by atoms with Crippen LogP contribution in [0.15, 0.2) is 64.3 Å². The summed E-state index contributed by atoms with van der Waals surface area (Å²) in [6.07, 6.45) is 1.28. The zero-order valence-corrected chi connectivity index (χ0v) is 16.9. The number of rotatable bonds is 5. The number of allylic oxidation sites excluding steroid dienone is 1. The topological polar surface area (TPSA) is 66.5 Å². The number of carbonyl (C=O) groups excluding carboxylic acids is 1. The smallest absolute Gasteiger partial charge is 0.270 e. The van der Waals surface area contributed by atoms with Gasteiger partial charge in [0.15, 0.2) is 4.91 Å². The number of Topliss-reactive ketones (excluding diaryl/α,β-unsaturated/α-hetero) is 1. The highest BCUT2D eigenvalue weighted by Gasteiger charge is 2.41. The molecule has 28 heavy (non-hydrogen) atoms. The number of halogens is 1. The Morgan fingerprint density at radius 1 is 1.07 bits per heavy atom. The lowest BCUT2D eigenvalue weighted by Crippen LogP contribution is -2.38. The van der Waals surface area contributed by atoms with Gasteiger partial charge in [0.05, 0.1) is 12.2 Å². The Bertz CT molecular complexity index is 1130. The number of sulfonamides is 1. The van der Waals surface area contributed by atoms with E-state index in [-0.39, 0.29) is 11.4 Å². The quantitative estimate of drug-likeness (QED) is 0.614. The SMILES string of the molecule is O=C1/C(=C/NCc2cccs2)S(=O)(=O)N(Cc2ccc(F)cc2)c2ccsc21. The highest BCUT2D eigenvalue weighted by atomic mass is 32.2. The second kappa shape index (κ2) is 7.50. The number of ketones is 1. The van der Waals surface area contributed by atoms with Crippen molar-refractivity contribution in [2.75, 3.05) is 4.31 Å². The molecule has 1 aliphatic heterocycles. The van der Waals surface area contributed by atoms with Crippen LogP contribution in [-0.2, 0) is 23.1 Å². The predicted molar refractivity (Wildman–Crippen MR) is 109 cm³/mol. The number of hydrogen-bond acceptors (Lipinski definition) is 6. The van der Waals surface area contributed by atoms with E-state index in [1.165, 1.54) is 57.4 Å². The molecule has 3 aromatic rings. The van der Waals surface area contributed by atoms with Crippen molar-refractivity contribution in [1.29, 1.82) is 0 Å². The summed E-state index contributed by atoms with van der Waals surface area (Å²) < 4.78 is 40.7. The molecule has 2 aromatic heterocycles. The molecule has 0 spiro atoms. The lowest BCUT2D eigenvalue weighted by molar-refractivity contribution is 0.104. The van der Waals surface area contributed by atoms with E-state index >= 15 is 0 Å². The summed E-state index contributed by atoms with van der Waals surface area (Å²) in [6.45, 7) is 0.446. The van der Waals surface area contributed by atoms with Gasteiger partial charge in [0, 0.05) is 17.6 Å². The highest BCUT2D eigenvalue weighted by Crippen LogP contribution is 2.39. The molecule has 144 valence electrons. The van der Waals surface area contributed by atoms with Gasteiger partial charge in [-0.2, -0.15) is 0 Å². The first-order valence-electron chi connectivity index (χ1n) is 8.32. The molecule has 1 aliphatic rings. The Morgan fingerprint density at radius 2 is 1.86 bits per heavy atom. The van der Waals surface area contributed by atoms with Gasteiger partial charge in [-0.25, -0.2) is 12.8 Å². The van der Waals surface area contributed by atoms with Crippen LogP contribution in [-0.4, -0.2) is 14.2 Å². The zero-order valence-electron chi connectivity index (χ0n) is 14.5. The number of fused-ring (bicyclic) bond motifs is 1. The Balaban J connectivity index is 1.68. The lowest BCUT2D eigenvalue weighted by Gasteiger charge is -2.29. The Hall–Kier alpha value is -2.49. The van der Waals surface area contributed by atoms with Crippen molar-refractivity contribution in [3.63, 3.8) is 0 Å². The largest absolute Gasteiger partial charge is 0.385 e. The number of thiophene rings is 2. The second-order valence-corrected chi connectivity index (χ2v) is 9.85. The molecule has 1 N–H and O–H groups in total. The van der Waals surface area contributed by atoms with Gasteiger partial charge in [0.1, 0.15) is 10.7 Å². The van der Waals surface area contributed by atoms with Gasteiger partial charge >= 0.3 is 0 Å². The summed E-state index contributed by atoms with van der Waals surface area (Å²) in [4.78, 5) is 13.9. The molecule has 3 heterocycles. The van der Waals surface area contributed by atoms with Crippen molar-refractivity contribution in [2.24, 2.45) is 0 Å². The molecule has 0 unspecified atom stereocenters. The standard InChI is InChI=1S/C19H15FN2O3S3/c20-14-5-3-13(4-6-14)12-22-16-7-9-27-19(16)18(23)17(28(22,24)25)11-21-10-15-2-1-8-26-15/h1-9,11,21H,10,12H2/b17-11-. The normalized spacial score (nSPS) is 17.0. The van der Waals surface area contributed by atoms with Crippen LogP contribution in [0.2, 0.25) is 0 Å². The van der Waals surface area contributed by atoms with Crippen LogP contribution in [0.5, 0.6) is 0 Å². The summed E-state index contributed by atoms with van der Waals surface area (Å²) >= 11 is 2.74. The Kier molecular flexibility index (Phi) is 5.05. The van der Waals surface area contributed by atoms with Crippen LogP contribution >= 0.6 is 22.7 Å². The number of nitrogens with one attached hydrogen (secondary N) is 1. The number of hydrogen-bond donors (Lipinski definition) is 1. The first-order valence-corrected chi connectivity index (χ1v) is 11.5. The van der Waals surface area contributed by atoms with E-state index in [0.29, 0.717) is 22.7 Å². The molecular formula is C19H15FN2O3S3. The maximum atomic E-state index is 13.2. The molecule has 0 saturated heterocycles. The molecule has 0 amide bonds. The third-order valence-corrected chi connectivity index (χ3v) is 7.78. The average molecular weight is 435 g/mol. The van der Waals surface area contributed by atoms with Gasteiger partial charge in [-0.1, -0.05) is 18.2 Å². The van der Waals surface area contributed by atoms with Crippen LogP contribution in [0, 0.1) is 5.82 Å². The molecule has 5 nitrogen and oxygen atoms in total. The summed E-state index contributed by atoms with van der Waals surface area (Å²) in [7, 11) is -4.05. The fraction of sp³-hybridized carbons (Fsp3) is 0.105. The number of anilines is 1. The van der Waals surface area contributed by atoms with E-state index in [1.807, 2.05) is 17.5 Å². The van der Waals surface area contributed by atoms with Crippen LogP contribution in [0.1, 0.15) is 20.1 Å². The molecular weight excluding hydrogens is 419 g/mol. The van der Waals surface area contributed by atoms with E-state index in [2.05, 4.69) is 5.32 Å². The number of benzene rings is 1. The summed E-state index contributed by atoms with van der Waals surface area (Å²) in [5, 5.41) is 6.55. The van der Waals surface area contributed by atoms with E-state index in [4.69, 9.17) is 0 Å². The van der Waals surface area contributed by atoms with Crippen molar-refractivity contribution < 1.29 is 17.6 Å². The van der Waals surface area contributed by atoms with Gasteiger partial charge in [-0.3, -0.25) is 9.10 Å². The summed E-state index contributed by atoms with van der Waals surface area (Å²) in [5.41, 5.74) is 0.983. The van der Waals surface area contributed by atoms with Gasteiger partial charge in [0.2, 0.25) is 5.78 Å². The lowest BCUT2D eigenvalue weighted by atomic mass is 10.2. The molecule has 9 heteroatoms. The van der Waals surface area contributed by atoms with Crippen LogP contribution in [0.25, 0.3) is 0 Å². The van der Waals surface area contributed by atoms with Gasteiger partial charge in [-0.15, -0.1) is 22.7 Å². The average Bonchev–Trinajstić information content (AvgIpc) is 3.35. The molecule has 0 saturated carbocycles. The first kappa shape index (κ1) is 18.9. The minimum Gasteiger partial charge on any atom is -0.385 e. The fourth-order valence-electron chi connectivity index (χ4n) is 2.87. The van der Waals surface area contributed by atoms with Crippen molar-refractivity contribution >= 4 is 44.2 Å². The monoisotopic (exact) mass is 434 g/mol.